The van der Waals surface area contributed by atoms with Crippen molar-refractivity contribution >= 4 is 15.9 Å². The van der Waals surface area contributed by atoms with Gasteiger partial charge in [0.2, 0.25) is 0 Å². The number of hydrogen-bond donors (Lipinski definition) is 0. The van der Waals surface area contributed by atoms with Crippen LogP contribution in [0.15, 0.2) is 10.7 Å². The van der Waals surface area contributed by atoms with Crippen LogP contribution in [-0.2, 0) is 11.3 Å². The van der Waals surface area contributed by atoms with Gasteiger partial charge in [0.1, 0.15) is 0 Å². The molecule has 1 fully saturated rings. The Balaban J connectivity index is 1.96. The van der Waals surface area contributed by atoms with Crippen molar-refractivity contribution in [2.75, 3.05) is 6.61 Å². The van der Waals surface area contributed by atoms with E-state index in [1.807, 2.05) is 6.20 Å². The molecule has 0 N–H and O–H groups in total. The Morgan fingerprint density at radius 2 is 2.24 bits per heavy atom. The highest BCUT2D eigenvalue weighted by atomic mass is 79.9. The van der Waals surface area contributed by atoms with Gasteiger partial charge < -0.3 is 4.74 Å². The smallest absolute Gasteiger partial charge is 0.0896 e. The summed E-state index contributed by atoms with van der Waals surface area (Å²) in [5.41, 5.74) is 1.20. The summed E-state index contributed by atoms with van der Waals surface area (Å²) in [6.45, 7) is 3.71. The Bertz CT molecular complexity index is 345. The molecule has 0 spiro atoms. The first-order valence-electron chi connectivity index (χ1n) is 6.62. The third-order valence-corrected chi connectivity index (χ3v) is 4.06. The average molecular weight is 301 g/mol. The molecule has 0 unspecified atom stereocenters. The summed E-state index contributed by atoms with van der Waals surface area (Å²) >= 11 is 3.57. The van der Waals surface area contributed by atoms with Crippen LogP contribution in [-0.4, -0.2) is 16.4 Å². The van der Waals surface area contributed by atoms with Gasteiger partial charge in [0.15, 0.2) is 0 Å². The van der Waals surface area contributed by atoms with E-state index in [2.05, 4.69) is 32.6 Å². The van der Waals surface area contributed by atoms with Crippen molar-refractivity contribution in [3.05, 3.63) is 16.4 Å². The Kier molecular flexibility index (Phi) is 5.04. The number of unbranched alkanes of at least 4 members (excludes halogenated alkanes) is 1. The zero-order chi connectivity index (χ0) is 12.1. The van der Waals surface area contributed by atoms with E-state index in [-0.39, 0.29) is 0 Å². The summed E-state index contributed by atoms with van der Waals surface area (Å²) in [7, 11) is 0. The van der Waals surface area contributed by atoms with E-state index in [1.165, 1.54) is 37.8 Å². The summed E-state index contributed by atoms with van der Waals surface area (Å²) in [5, 5.41) is 4.49. The lowest BCUT2D eigenvalue weighted by Gasteiger charge is -2.14. The number of nitrogens with zero attached hydrogens (tertiary/aromatic N) is 2. The maximum absolute atomic E-state index is 5.71. The molecule has 0 aliphatic heterocycles. The van der Waals surface area contributed by atoms with Crippen molar-refractivity contribution in [2.45, 2.75) is 58.1 Å². The van der Waals surface area contributed by atoms with E-state index < -0.39 is 0 Å². The van der Waals surface area contributed by atoms with E-state index >= 15 is 0 Å². The summed E-state index contributed by atoms with van der Waals surface area (Å²) in [6, 6.07) is 0.589. The Morgan fingerprint density at radius 1 is 1.47 bits per heavy atom. The van der Waals surface area contributed by atoms with Gasteiger partial charge in [-0.3, -0.25) is 4.68 Å². The predicted octanol–water partition coefficient (Wildman–Crippen LogP) is 4.08. The van der Waals surface area contributed by atoms with Crippen LogP contribution in [0.2, 0.25) is 0 Å². The van der Waals surface area contributed by atoms with Crippen LogP contribution in [0.5, 0.6) is 0 Å². The van der Waals surface area contributed by atoms with Crippen molar-refractivity contribution in [1.29, 1.82) is 0 Å². The van der Waals surface area contributed by atoms with E-state index in [9.17, 15) is 0 Å². The van der Waals surface area contributed by atoms with Crippen molar-refractivity contribution in [1.82, 2.24) is 9.78 Å². The minimum Gasteiger partial charge on any atom is -0.375 e. The Morgan fingerprint density at radius 3 is 2.94 bits per heavy atom. The van der Waals surface area contributed by atoms with Crippen LogP contribution < -0.4 is 0 Å². The van der Waals surface area contributed by atoms with Crippen LogP contribution >= 0.6 is 15.9 Å². The maximum atomic E-state index is 5.71. The molecule has 0 amide bonds. The molecule has 0 bridgehead atoms. The highest BCUT2D eigenvalue weighted by Crippen LogP contribution is 2.32. The minimum atomic E-state index is 0.589. The van der Waals surface area contributed by atoms with Crippen LogP contribution in [0.4, 0.5) is 0 Å². The van der Waals surface area contributed by atoms with E-state index in [4.69, 9.17) is 4.74 Å². The highest BCUT2D eigenvalue weighted by molar-refractivity contribution is 9.10. The van der Waals surface area contributed by atoms with Crippen LogP contribution in [0, 0.1) is 0 Å². The van der Waals surface area contributed by atoms with Crippen molar-refractivity contribution in [3.8, 4) is 0 Å². The van der Waals surface area contributed by atoms with Gasteiger partial charge in [-0.05, 0) is 35.2 Å². The van der Waals surface area contributed by atoms with Gasteiger partial charge in [0.25, 0.3) is 0 Å². The lowest BCUT2D eigenvalue weighted by Crippen LogP contribution is -2.12. The molecular weight excluding hydrogens is 280 g/mol. The molecule has 1 aliphatic rings. The summed E-state index contributed by atoms with van der Waals surface area (Å²) in [4.78, 5) is 0. The number of hydrogen-bond acceptors (Lipinski definition) is 2. The molecule has 1 aliphatic carbocycles. The maximum Gasteiger partial charge on any atom is 0.0896 e. The number of halogens is 1. The van der Waals surface area contributed by atoms with Crippen LogP contribution in [0.3, 0.4) is 0 Å². The SMILES string of the molecule is CCCCOCc1c(Br)cnn1C1CCCC1. The van der Waals surface area contributed by atoms with Gasteiger partial charge in [-0.25, -0.2) is 0 Å². The summed E-state index contributed by atoms with van der Waals surface area (Å²) in [6.07, 6.45) is 9.40. The molecule has 1 aromatic heterocycles. The Labute approximate surface area is 112 Å². The van der Waals surface area contributed by atoms with Crippen LogP contribution in [0.25, 0.3) is 0 Å². The minimum absolute atomic E-state index is 0.589. The average Bonchev–Trinajstić information content (AvgIpc) is 2.94. The highest BCUT2D eigenvalue weighted by Gasteiger charge is 2.21. The second kappa shape index (κ2) is 6.55. The molecule has 2 rings (SSSR count). The number of rotatable bonds is 6. The fourth-order valence-electron chi connectivity index (χ4n) is 2.38. The molecule has 17 heavy (non-hydrogen) atoms. The fraction of sp³-hybridized carbons (Fsp3) is 0.769. The van der Waals surface area contributed by atoms with Gasteiger partial charge in [-0.1, -0.05) is 26.2 Å². The summed E-state index contributed by atoms with van der Waals surface area (Å²) < 4.78 is 8.96. The quantitative estimate of drug-likeness (QED) is 0.740. The molecule has 96 valence electrons. The molecule has 0 aromatic carbocycles. The lowest BCUT2D eigenvalue weighted by molar-refractivity contribution is 0.110. The van der Waals surface area contributed by atoms with E-state index in [1.54, 1.807) is 0 Å². The number of aromatic nitrogens is 2. The standard InChI is InChI=1S/C13H21BrN2O/c1-2-3-8-17-10-13-12(14)9-15-16(13)11-6-4-5-7-11/h9,11H,2-8,10H2,1H3. The van der Waals surface area contributed by atoms with Crippen LogP contribution in [0.1, 0.15) is 57.2 Å². The van der Waals surface area contributed by atoms with Crippen molar-refractivity contribution < 1.29 is 4.74 Å². The first kappa shape index (κ1) is 13.1. The molecule has 0 saturated heterocycles. The molecule has 1 heterocycles. The normalized spacial score (nSPS) is 16.8. The van der Waals surface area contributed by atoms with Crippen molar-refractivity contribution in [3.63, 3.8) is 0 Å². The van der Waals surface area contributed by atoms with E-state index in [0.717, 1.165) is 17.5 Å². The van der Waals surface area contributed by atoms with Crippen molar-refractivity contribution in [2.24, 2.45) is 0 Å². The largest absolute Gasteiger partial charge is 0.375 e. The second-order valence-electron chi connectivity index (χ2n) is 4.73. The topological polar surface area (TPSA) is 27.1 Å². The number of ether oxygens (including phenoxy) is 1. The molecule has 1 saturated carbocycles. The zero-order valence-electron chi connectivity index (χ0n) is 10.5. The predicted molar refractivity (Wildman–Crippen MR) is 72.0 cm³/mol. The summed E-state index contributed by atoms with van der Waals surface area (Å²) in [5.74, 6) is 0. The van der Waals surface area contributed by atoms with Gasteiger partial charge in [0, 0.05) is 6.61 Å². The van der Waals surface area contributed by atoms with Gasteiger partial charge in [-0.2, -0.15) is 5.10 Å². The van der Waals surface area contributed by atoms with E-state index in [0.29, 0.717) is 12.6 Å². The molecule has 3 nitrogen and oxygen atoms in total. The monoisotopic (exact) mass is 300 g/mol. The molecule has 0 atom stereocenters. The van der Waals surface area contributed by atoms with Gasteiger partial charge in [-0.15, -0.1) is 0 Å². The fourth-order valence-corrected chi connectivity index (χ4v) is 2.77. The Hall–Kier alpha value is -0.350. The first-order chi connectivity index (χ1) is 8.33. The zero-order valence-corrected chi connectivity index (χ0v) is 12.1. The molecule has 4 heteroatoms. The molecule has 0 radical (unpaired) electrons. The third-order valence-electron chi connectivity index (χ3n) is 3.40. The first-order valence-corrected chi connectivity index (χ1v) is 7.42. The van der Waals surface area contributed by atoms with Gasteiger partial charge >= 0.3 is 0 Å². The second-order valence-corrected chi connectivity index (χ2v) is 5.58. The molecule has 1 aromatic rings. The third kappa shape index (κ3) is 3.32. The van der Waals surface area contributed by atoms with Gasteiger partial charge in [0.05, 0.1) is 29.0 Å². The lowest BCUT2D eigenvalue weighted by atomic mass is 10.2. The molecular formula is C13H21BrN2O.